The second-order valence-electron chi connectivity index (χ2n) is 30.9. The van der Waals surface area contributed by atoms with Crippen molar-refractivity contribution in [3.63, 3.8) is 0 Å². The molecule has 9 atom stereocenters. The number of carbonyl (C=O) groups excluding carboxylic acids is 4. The molecule has 0 radical (unpaired) electrons. The van der Waals surface area contributed by atoms with Crippen molar-refractivity contribution < 1.29 is 81.5 Å². The Hall–Kier alpha value is -8.19. The van der Waals surface area contributed by atoms with Crippen molar-refractivity contribution >= 4 is 75.6 Å². The molecule has 6 aliphatic heterocycles. The smallest absolute Gasteiger partial charge is 0.312 e. The number of hydrogen-bond acceptors (Lipinski definition) is 21. The summed E-state index contributed by atoms with van der Waals surface area (Å²) in [7, 11) is -8.64. The number of fused-ring (bicyclic) bond motifs is 3. The quantitative estimate of drug-likeness (QED) is 0.0336. The van der Waals surface area contributed by atoms with Gasteiger partial charge < -0.3 is 30.4 Å². The summed E-state index contributed by atoms with van der Waals surface area (Å²) in [6.07, 6.45) is -1.96. The van der Waals surface area contributed by atoms with Gasteiger partial charge in [-0.25, -0.2) is 66.4 Å². The van der Waals surface area contributed by atoms with Gasteiger partial charge in [-0.1, -0.05) is 12.1 Å². The highest BCUT2D eigenvalue weighted by Crippen LogP contribution is 2.52. The third kappa shape index (κ3) is 16.3. The molecule has 5 aromatic rings. The van der Waals surface area contributed by atoms with E-state index < -0.39 is 142 Å². The van der Waals surface area contributed by atoms with E-state index >= 15 is 8.78 Å². The SMILES string of the molecule is CC(C)(C)OC(=O)CC1=N[C@](C)(c2cc(CC(=O)c3ccc(OCC(F)F)cn3)ccc2F)[C@@H]2CCN=[S@]2(=O)C1(C)C.CC(C)(C)OC(=O)CC1=N[C@](C)(c2cc(N)ccc2F)[C@@H]2CCN=[S@]2(=O)C1(C)C.CC1(C)C(N)=N[C@](C)(c2cc(CC(=O)c3ccc(OCC(F)F)cn3)ccc2F)[C@@H]2CCN=[S@@]21=O. The molecule has 11 rings (SSSR count). The molecule has 8 heterocycles. The van der Waals surface area contributed by atoms with Crippen molar-refractivity contribution in [3.8, 4) is 11.5 Å². The lowest BCUT2D eigenvalue weighted by Crippen LogP contribution is -2.58. The Labute approximate surface area is 615 Å². The number of carbonyl (C=O) groups is 4. The number of aliphatic imine (C=N–C) groups is 3. The van der Waals surface area contributed by atoms with Crippen LogP contribution < -0.4 is 20.9 Å². The zero-order valence-corrected chi connectivity index (χ0v) is 64.6. The fraction of sp³-hybridized carbons (Fsp3) is 0.533. The number of nitrogens with zero attached hydrogens (tertiary/aromatic N) is 8. The summed E-state index contributed by atoms with van der Waals surface area (Å²) in [6.45, 7) is 26.0. The first-order chi connectivity index (χ1) is 49.0. The van der Waals surface area contributed by atoms with Crippen LogP contribution in [0.5, 0.6) is 11.5 Å². The van der Waals surface area contributed by atoms with Gasteiger partial charge >= 0.3 is 11.9 Å². The van der Waals surface area contributed by atoms with Crippen molar-refractivity contribution in [2.24, 2.45) is 33.8 Å². The monoisotopic (exact) mass is 1540 g/mol. The number of nitrogen functional groups attached to an aromatic ring is 1. The van der Waals surface area contributed by atoms with Gasteiger partial charge in [0.2, 0.25) is 0 Å². The van der Waals surface area contributed by atoms with Gasteiger partial charge in [-0.15, -0.1) is 0 Å². The van der Waals surface area contributed by atoms with Gasteiger partial charge in [0, 0.05) is 66.3 Å². The molecule has 576 valence electrons. The van der Waals surface area contributed by atoms with E-state index in [0.29, 0.717) is 67.1 Å². The van der Waals surface area contributed by atoms with Gasteiger partial charge in [-0.2, -0.15) is 0 Å². The molecule has 0 saturated carbocycles. The number of aromatic nitrogens is 2. The number of pyridine rings is 2. The van der Waals surface area contributed by atoms with Crippen LogP contribution in [0, 0.1) is 17.5 Å². The standard InChI is InChI=1S/C30H36F3N3O5S.C24H27F3N4O3S.C21H30FN3O3S/c1-28(2,3)41-27(38)15-24-29(4,5)42(39)25(11-12-35-42)30(6,36-24)20-13-18(7-9-21(20)31)14-23(37)22-10-8-19(16-34-22)40-17-26(32)33;1-23(2)22(28)31-24(3,20-8-9-30-35(20,23)33)16-10-14(4-6-17(16)25)11-19(32)18-7-5-15(12-29-18)34-13-21(26)27;1-19(2,3)28-18(26)12-16-20(4,5)29(27)17(9-10-24-29)21(6,25-16)14-11-13(23)7-8-15(14)22/h7-10,13,16,25-26H,11-12,14-15,17H2,1-6H3;4-7,10,12,20-21H,8-9,11,13H2,1-3H3,(H2,28,31);7-8,11,17H,9-10,12,23H2,1-6H3/t25-,30+,42+;20-,24+,35+;17-,21+,29+/m000/s1. The van der Waals surface area contributed by atoms with E-state index in [0.717, 1.165) is 0 Å². The number of rotatable bonds is 19. The molecular weight excluding hydrogens is 1450 g/mol. The van der Waals surface area contributed by atoms with Crippen molar-refractivity contribution in [3.05, 3.63) is 148 Å². The summed E-state index contributed by atoms with van der Waals surface area (Å²) in [5.74, 6) is -2.91. The number of benzene rings is 3. The Morgan fingerprint density at radius 2 is 0.821 bits per heavy atom. The molecule has 0 fully saturated rings. The highest BCUT2D eigenvalue weighted by molar-refractivity contribution is 7.97. The maximum Gasteiger partial charge on any atom is 0.312 e. The van der Waals surface area contributed by atoms with Gasteiger partial charge in [-0.3, -0.25) is 34.2 Å². The van der Waals surface area contributed by atoms with Crippen LogP contribution in [0.1, 0.15) is 185 Å². The number of nitrogens with two attached hydrogens (primary N) is 2. The van der Waals surface area contributed by atoms with E-state index in [9.17, 15) is 53.8 Å². The lowest BCUT2D eigenvalue weighted by atomic mass is 9.84. The number of ether oxygens (including phenoxy) is 4. The Bertz CT molecular complexity index is 4760. The maximum atomic E-state index is 15.6. The van der Waals surface area contributed by atoms with Crippen LogP contribution in [0.25, 0.3) is 0 Å². The van der Waals surface area contributed by atoms with Crippen LogP contribution in [-0.4, -0.2) is 150 Å². The Morgan fingerprint density at radius 3 is 1.16 bits per heavy atom. The Morgan fingerprint density at radius 1 is 0.481 bits per heavy atom. The average molecular weight is 1540 g/mol. The molecule has 106 heavy (non-hydrogen) atoms. The number of halogens is 7. The normalized spacial score (nSPS) is 27.3. The van der Waals surface area contributed by atoms with Crippen LogP contribution in [0.15, 0.2) is 119 Å². The molecule has 4 N–H and O–H groups in total. The molecule has 0 amide bonds. The van der Waals surface area contributed by atoms with Gasteiger partial charge in [0.05, 0.1) is 79.7 Å². The Kier molecular flexibility index (Phi) is 23.3. The Balaban J connectivity index is 0.000000187. The largest absolute Gasteiger partial charge is 0.486 e. The van der Waals surface area contributed by atoms with Crippen LogP contribution in [0.4, 0.5) is 36.4 Å². The summed E-state index contributed by atoms with van der Waals surface area (Å²) in [5, 5.41) is -1.62. The number of alkyl halides is 4. The molecule has 6 aliphatic rings. The fourth-order valence-corrected chi connectivity index (χ4v) is 24.1. The minimum absolute atomic E-state index is 0.0807. The van der Waals surface area contributed by atoms with Gasteiger partial charge in [0.25, 0.3) is 12.9 Å². The highest BCUT2D eigenvalue weighted by atomic mass is 32.2. The number of hydrogen-bond donors (Lipinski definition) is 2. The number of anilines is 1. The van der Waals surface area contributed by atoms with Crippen LogP contribution in [0.3, 0.4) is 0 Å². The predicted octanol–water partition coefficient (Wildman–Crippen LogP) is 13.4. The lowest BCUT2D eigenvalue weighted by molar-refractivity contribution is -0.154. The van der Waals surface area contributed by atoms with Crippen molar-refractivity contribution in [2.75, 3.05) is 38.6 Å². The minimum atomic E-state index is -2.99. The summed E-state index contributed by atoms with van der Waals surface area (Å²) in [5.41, 5.74) is 10.1. The summed E-state index contributed by atoms with van der Waals surface area (Å²) in [4.78, 5) is 73.7. The molecule has 21 nitrogen and oxygen atoms in total. The molecule has 0 aliphatic carbocycles. The molecule has 0 unspecified atom stereocenters. The van der Waals surface area contributed by atoms with Crippen LogP contribution in [0.2, 0.25) is 0 Å². The fourth-order valence-electron chi connectivity index (χ4n) is 14.3. The molecular formula is C75H93F7N10O11S3. The zero-order chi connectivity index (χ0) is 78.5. The number of esters is 2. The van der Waals surface area contributed by atoms with E-state index in [1.807, 2.05) is 0 Å². The highest BCUT2D eigenvalue weighted by Gasteiger charge is 2.60. The van der Waals surface area contributed by atoms with Gasteiger partial charge in [-0.05, 0) is 201 Å². The third-order valence-corrected chi connectivity index (χ3v) is 31.2. The second-order valence-corrected chi connectivity index (χ2v) is 39.9. The molecule has 0 bridgehead atoms. The van der Waals surface area contributed by atoms with Gasteiger partial charge in [0.1, 0.15) is 92.0 Å². The topological polar surface area (TPSA) is 308 Å². The van der Waals surface area contributed by atoms with E-state index in [1.54, 1.807) is 122 Å². The summed E-state index contributed by atoms with van der Waals surface area (Å²) in [6, 6.07) is 18.4. The van der Waals surface area contributed by atoms with E-state index in [4.69, 9.17) is 40.4 Å². The zero-order valence-electron chi connectivity index (χ0n) is 62.1. The van der Waals surface area contributed by atoms with Crippen LogP contribution >= 0.6 is 0 Å². The first-order valence-electron chi connectivity index (χ1n) is 34.6. The molecule has 31 heteroatoms. The summed E-state index contributed by atoms with van der Waals surface area (Å²) >= 11 is 0. The molecule has 3 aromatic carbocycles. The van der Waals surface area contributed by atoms with Gasteiger partial charge in [0.15, 0.2) is 11.6 Å². The predicted molar refractivity (Wildman–Crippen MR) is 394 cm³/mol. The van der Waals surface area contributed by atoms with Crippen LogP contribution in [-0.2, 0) is 77.7 Å². The maximum absolute atomic E-state index is 15.6. The first kappa shape index (κ1) is 81.9. The molecule has 0 saturated heterocycles. The first-order valence-corrected chi connectivity index (χ1v) is 39.3. The molecule has 2 aromatic heterocycles. The number of ketones is 2. The summed E-state index contributed by atoms with van der Waals surface area (Å²) < 4.78 is 169. The van der Waals surface area contributed by atoms with E-state index in [2.05, 4.69) is 28.0 Å². The van der Waals surface area contributed by atoms with Crippen molar-refractivity contribution in [1.82, 2.24) is 9.97 Å². The van der Waals surface area contributed by atoms with Crippen molar-refractivity contribution in [1.29, 1.82) is 0 Å². The number of Topliss-reactive ketones (excluding diaryl/α,β-unsaturated/α-hetero) is 2. The van der Waals surface area contributed by atoms with Crippen molar-refractivity contribution in [2.45, 2.75) is 219 Å². The molecule has 0 spiro atoms. The second kappa shape index (κ2) is 30.1. The lowest BCUT2D eigenvalue weighted by Gasteiger charge is -2.46. The average Bonchev–Trinajstić information content (AvgIpc) is 1.38. The number of amidine groups is 1. The van der Waals surface area contributed by atoms with E-state index in [-0.39, 0.29) is 82.7 Å². The minimum Gasteiger partial charge on any atom is -0.486 e. The third-order valence-electron chi connectivity index (χ3n) is 20.0. The van der Waals surface area contributed by atoms with E-state index in [1.165, 1.54) is 73.1 Å².